The van der Waals surface area contributed by atoms with Crippen molar-refractivity contribution in [3.63, 3.8) is 0 Å². The van der Waals surface area contributed by atoms with Crippen molar-refractivity contribution >= 4 is 34.7 Å². The van der Waals surface area contributed by atoms with Crippen molar-refractivity contribution in [1.29, 1.82) is 0 Å². The van der Waals surface area contributed by atoms with E-state index in [4.69, 9.17) is 16.3 Å². The molecule has 0 saturated carbocycles. The molecule has 0 aromatic heterocycles. The van der Waals surface area contributed by atoms with Crippen LogP contribution in [0.1, 0.15) is 12.5 Å². The molecule has 0 aliphatic carbocycles. The summed E-state index contributed by atoms with van der Waals surface area (Å²) in [6.07, 6.45) is 0. The van der Waals surface area contributed by atoms with Gasteiger partial charge in [0.25, 0.3) is 5.91 Å². The van der Waals surface area contributed by atoms with Crippen molar-refractivity contribution < 1.29 is 19.4 Å². The molecule has 1 heterocycles. The molecule has 0 spiro atoms. The van der Waals surface area contributed by atoms with Crippen LogP contribution in [0.2, 0.25) is 5.02 Å². The van der Waals surface area contributed by atoms with Crippen LogP contribution in [0.3, 0.4) is 0 Å². The van der Waals surface area contributed by atoms with Crippen molar-refractivity contribution in [2.24, 2.45) is 0 Å². The summed E-state index contributed by atoms with van der Waals surface area (Å²) in [5, 5.41) is 10.7. The van der Waals surface area contributed by atoms with Crippen LogP contribution in [-0.2, 0) is 9.59 Å². The van der Waals surface area contributed by atoms with E-state index in [1.165, 1.54) is 0 Å². The van der Waals surface area contributed by atoms with Gasteiger partial charge in [0.05, 0.1) is 17.9 Å². The largest absolute Gasteiger partial charge is 0.502 e. The quantitative estimate of drug-likeness (QED) is 0.862. The lowest BCUT2D eigenvalue weighted by atomic mass is 10.1. The van der Waals surface area contributed by atoms with E-state index < -0.39 is 17.6 Å². The van der Waals surface area contributed by atoms with E-state index in [0.29, 0.717) is 28.6 Å². The van der Waals surface area contributed by atoms with Crippen molar-refractivity contribution in [2.75, 3.05) is 11.5 Å². The van der Waals surface area contributed by atoms with Crippen LogP contribution < -0.4 is 9.64 Å². The number of hydrogen-bond acceptors (Lipinski definition) is 4. The zero-order chi connectivity index (χ0) is 17.3. The standard InChI is InChI=1S/C18H14ClNO4/c1-2-24-14-5-3-4-13(10-14)20-17(22)15(16(21)18(20)23)11-6-8-12(19)9-7-11/h3-10,21H,2H2,1H3. The third-order valence-electron chi connectivity index (χ3n) is 3.58. The first-order valence-corrected chi connectivity index (χ1v) is 7.71. The van der Waals surface area contributed by atoms with Crippen LogP contribution >= 0.6 is 11.6 Å². The minimum atomic E-state index is -0.765. The number of aliphatic hydroxyl groups is 1. The number of rotatable bonds is 4. The molecular weight excluding hydrogens is 330 g/mol. The van der Waals surface area contributed by atoms with Crippen LogP contribution in [0.25, 0.3) is 5.57 Å². The Bertz CT molecular complexity index is 842. The molecule has 122 valence electrons. The summed E-state index contributed by atoms with van der Waals surface area (Å²) in [4.78, 5) is 26.0. The molecule has 0 unspecified atom stereocenters. The maximum Gasteiger partial charge on any atom is 0.301 e. The van der Waals surface area contributed by atoms with Crippen molar-refractivity contribution in [3.8, 4) is 5.75 Å². The summed E-state index contributed by atoms with van der Waals surface area (Å²) >= 11 is 5.84. The average Bonchev–Trinajstić information content (AvgIpc) is 2.79. The number of anilines is 1. The molecule has 0 saturated heterocycles. The monoisotopic (exact) mass is 343 g/mol. The fourth-order valence-electron chi connectivity index (χ4n) is 2.51. The Hall–Kier alpha value is -2.79. The molecule has 0 fully saturated rings. The normalized spacial score (nSPS) is 14.5. The summed E-state index contributed by atoms with van der Waals surface area (Å²) < 4.78 is 5.39. The Morgan fingerprint density at radius 3 is 2.46 bits per heavy atom. The first-order chi connectivity index (χ1) is 11.5. The number of halogens is 1. The first kappa shape index (κ1) is 16.1. The van der Waals surface area contributed by atoms with E-state index in [1.54, 1.807) is 48.5 Å². The first-order valence-electron chi connectivity index (χ1n) is 7.33. The van der Waals surface area contributed by atoms with Gasteiger partial charge < -0.3 is 9.84 Å². The SMILES string of the molecule is CCOc1cccc(N2C(=O)C(O)=C(c3ccc(Cl)cc3)C2=O)c1. The molecule has 6 heteroatoms. The van der Waals surface area contributed by atoms with Gasteiger partial charge in [-0.3, -0.25) is 9.59 Å². The molecule has 0 bridgehead atoms. The zero-order valence-electron chi connectivity index (χ0n) is 12.8. The summed E-state index contributed by atoms with van der Waals surface area (Å²) in [7, 11) is 0. The van der Waals surface area contributed by atoms with Gasteiger partial charge in [-0.2, -0.15) is 0 Å². The second-order valence-electron chi connectivity index (χ2n) is 5.11. The van der Waals surface area contributed by atoms with Crippen LogP contribution in [0.4, 0.5) is 5.69 Å². The topological polar surface area (TPSA) is 66.8 Å². The van der Waals surface area contributed by atoms with E-state index in [2.05, 4.69) is 0 Å². The molecule has 2 aromatic carbocycles. The lowest BCUT2D eigenvalue weighted by molar-refractivity contribution is -0.121. The van der Waals surface area contributed by atoms with Crippen LogP contribution in [-0.4, -0.2) is 23.5 Å². The van der Waals surface area contributed by atoms with Crippen LogP contribution in [0.15, 0.2) is 54.3 Å². The predicted octanol–water partition coefficient (Wildman–Crippen LogP) is 3.58. The molecule has 3 rings (SSSR count). The highest BCUT2D eigenvalue weighted by atomic mass is 35.5. The van der Waals surface area contributed by atoms with Gasteiger partial charge in [0, 0.05) is 11.1 Å². The Balaban J connectivity index is 1.99. The lowest BCUT2D eigenvalue weighted by Crippen LogP contribution is -2.31. The number of nitrogens with zero attached hydrogens (tertiary/aromatic N) is 1. The number of benzene rings is 2. The highest BCUT2D eigenvalue weighted by Crippen LogP contribution is 2.33. The Morgan fingerprint density at radius 1 is 1.08 bits per heavy atom. The van der Waals surface area contributed by atoms with Gasteiger partial charge in [-0.05, 0) is 36.8 Å². The van der Waals surface area contributed by atoms with Crippen LogP contribution in [0.5, 0.6) is 5.75 Å². The molecule has 2 amide bonds. The number of amides is 2. The molecule has 5 nitrogen and oxygen atoms in total. The van der Waals surface area contributed by atoms with Crippen molar-refractivity contribution in [2.45, 2.75) is 6.92 Å². The number of carbonyl (C=O) groups is 2. The number of imide groups is 1. The maximum absolute atomic E-state index is 12.7. The smallest absolute Gasteiger partial charge is 0.301 e. The number of hydrogen-bond donors (Lipinski definition) is 1. The van der Waals surface area contributed by atoms with E-state index in [9.17, 15) is 14.7 Å². The molecule has 0 atom stereocenters. The Morgan fingerprint density at radius 2 is 1.79 bits per heavy atom. The maximum atomic E-state index is 12.7. The average molecular weight is 344 g/mol. The van der Waals surface area contributed by atoms with Gasteiger partial charge in [-0.1, -0.05) is 29.8 Å². The van der Waals surface area contributed by atoms with Gasteiger partial charge in [-0.15, -0.1) is 0 Å². The van der Waals surface area contributed by atoms with E-state index in [0.717, 1.165) is 4.90 Å². The van der Waals surface area contributed by atoms with Gasteiger partial charge in [0.15, 0.2) is 5.76 Å². The zero-order valence-corrected chi connectivity index (χ0v) is 13.6. The second-order valence-corrected chi connectivity index (χ2v) is 5.54. The number of carbonyl (C=O) groups excluding carboxylic acids is 2. The molecule has 24 heavy (non-hydrogen) atoms. The fourth-order valence-corrected chi connectivity index (χ4v) is 2.63. The van der Waals surface area contributed by atoms with Gasteiger partial charge >= 0.3 is 5.91 Å². The van der Waals surface area contributed by atoms with Gasteiger partial charge in [0.1, 0.15) is 5.75 Å². The van der Waals surface area contributed by atoms with E-state index in [-0.39, 0.29) is 5.57 Å². The molecule has 0 radical (unpaired) electrons. The highest BCUT2D eigenvalue weighted by molar-refractivity contribution is 6.45. The molecule has 1 aliphatic rings. The molecule has 1 aliphatic heterocycles. The molecule has 1 N–H and O–H groups in total. The summed E-state index contributed by atoms with van der Waals surface area (Å²) in [5.74, 6) is -1.40. The van der Waals surface area contributed by atoms with Gasteiger partial charge in [0.2, 0.25) is 0 Å². The summed E-state index contributed by atoms with van der Waals surface area (Å²) in [6.45, 7) is 2.30. The van der Waals surface area contributed by atoms with Crippen molar-refractivity contribution in [1.82, 2.24) is 0 Å². The summed E-state index contributed by atoms with van der Waals surface area (Å²) in [5.41, 5.74) is 0.726. The minimum Gasteiger partial charge on any atom is -0.502 e. The van der Waals surface area contributed by atoms with E-state index in [1.807, 2.05) is 6.92 Å². The fraction of sp³-hybridized carbons (Fsp3) is 0.111. The highest BCUT2D eigenvalue weighted by Gasteiger charge is 2.40. The van der Waals surface area contributed by atoms with Crippen molar-refractivity contribution in [3.05, 3.63) is 64.9 Å². The third-order valence-corrected chi connectivity index (χ3v) is 3.83. The molecular formula is C18H14ClNO4. The minimum absolute atomic E-state index is 0.0431. The van der Waals surface area contributed by atoms with Crippen LogP contribution in [0, 0.1) is 0 Å². The Labute approximate surface area is 143 Å². The lowest BCUT2D eigenvalue weighted by Gasteiger charge is -2.15. The van der Waals surface area contributed by atoms with Gasteiger partial charge in [-0.25, -0.2) is 4.90 Å². The number of ether oxygens (including phenoxy) is 1. The Kier molecular flexibility index (Phi) is 4.27. The second kappa shape index (κ2) is 6.37. The van der Waals surface area contributed by atoms with E-state index >= 15 is 0 Å². The molecule has 2 aromatic rings. The number of aliphatic hydroxyl groups excluding tert-OH is 1. The summed E-state index contributed by atoms with van der Waals surface area (Å²) in [6, 6.07) is 12.9. The third kappa shape index (κ3) is 2.74. The predicted molar refractivity (Wildman–Crippen MR) is 91.1 cm³/mol.